The molecule has 3 heterocycles. The molecule has 5 nitrogen and oxygen atoms in total. The highest BCUT2D eigenvalue weighted by Gasteiger charge is 2.28. The molecule has 1 aliphatic heterocycles. The van der Waals surface area contributed by atoms with Gasteiger partial charge in [-0.25, -0.2) is 4.68 Å². The second-order valence-corrected chi connectivity index (χ2v) is 8.48. The van der Waals surface area contributed by atoms with Crippen LogP contribution in [0, 0.1) is 5.92 Å². The molecular weight excluding hydrogens is 368 g/mol. The first-order valence-electron chi connectivity index (χ1n) is 9.78. The first-order chi connectivity index (χ1) is 13.6. The number of rotatable bonds is 5. The Morgan fingerprint density at radius 3 is 2.82 bits per heavy atom. The normalized spacial score (nSPS) is 19.5. The summed E-state index contributed by atoms with van der Waals surface area (Å²) in [7, 11) is 1.91. The number of nitrogens with zero attached hydrogens (tertiary/aromatic N) is 3. The molecule has 28 heavy (non-hydrogen) atoms. The van der Waals surface area contributed by atoms with Crippen LogP contribution in [0.4, 0.5) is 0 Å². The number of benzene rings is 1. The number of para-hydroxylation sites is 1. The summed E-state index contributed by atoms with van der Waals surface area (Å²) in [4.78, 5) is 16.0. The summed E-state index contributed by atoms with van der Waals surface area (Å²) in [5, 5.41) is 10.3. The minimum Gasteiger partial charge on any atom is -0.341 e. The van der Waals surface area contributed by atoms with Gasteiger partial charge in [-0.15, -0.1) is 11.3 Å². The van der Waals surface area contributed by atoms with E-state index in [1.54, 1.807) is 11.3 Å². The average Bonchev–Trinajstić information content (AvgIpc) is 3.38. The molecule has 1 saturated heterocycles. The van der Waals surface area contributed by atoms with Gasteiger partial charge in [0, 0.05) is 37.3 Å². The molecule has 0 radical (unpaired) electrons. The Bertz CT molecular complexity index is 919. The van der Waals surface area contributed by atoms with E-state index in [-0.39, 0.29) is 11.8 Å². The first-order valence-corrected chi connectivity index (χ1v) is 10.7. The molecule has 2 aromatic heterocycles. The fourth-order valence-electron chi connectivity index (χ4n) is 3.86. The van der Waals surface area contributed by atoms with Crippen molar-refractivity contribution in [3.8, 4) is 16.3 Å². The molecule has 0 bridgehead atoms. The molecule has 2 atom stereocenters. The van der Waals surface area contributed by atoms with Crippen LogP contribution in [-0.4, -0.2) is 40.2 Å². The van der Waals surface area contributed by atoms with E-state index < -0.39 is 0 Å². The van der Waals surface area contributed by atoms with E-state index in [2.05, 4.69) is 29.9 Å². The predicted octanol–water partition coefficient (Wildman–Crippen LogP) is 3.95. The standard InChI is InChI=1S/C22H26N4OS/c1-16-13-17(10-11-23-16)22(27)25(2)14-18-15-26(19-7-4-3-5-8-19)24-21(18)20-9-6-12-28-20/h3-9,12,15-17,23H,10-11,13-14H2,1-2H3/t16-,17-/m0/s1. The van der Waals surface area contributed by atoms with Crippen molar-refractivity contribution in [3.05, 3.63) is 59.6 Å². The zero-order valence-electron chi connectivity index (χ0n) is 16.3. The van der Waals surface area contributed by atoms with E-state index >= 15 is 0 Å². The van der Waals surface area contributed by atoms with Gasteiger partial charge in [-0.1, -0.05) is 24.3 Å². The number of piperidine rings is 1. The lowest BCUT2D eigenvalue weighted by molar-refractivity contribution is -0.135. The van der Waals surface area contributed by atoms with Crippen molar-refractivity contribution in [2.24, 2.45) is 5.92 Å². The van der Waals surface area contributed by atoms with Crippen LogP contribution in [0.25, 0.3) is 16.3 Å². The van der Waals surface area contributed by atoms with E-state index in [0.29, 0.717) is 12.6 Å². The van der Waals surface area contributed by atoms with Crippen LogP contribution in [-0.2, 0) is 11.3 Å². The van der Waals surface area contributed by atoms with Gasteiger partial charge in [0.1, 0.15) is 5.69 Å². The van der Waals surface area contributed by atoms with Crippen LogP contribution in [0.1, 0.15) is 25.3 Å². The minimum absolute atomic E-state index is 0.107. The summed E-state index contributed by atoms with van der Waals surface area (Å²) in [5.41, 5.74) is 3.05. The molecule has 6 heteroatoms. The van der Waals surface area contributed by atoms with Gasteiger partial charge in [-0.3, -0.25) is 4.79 Å². The van der Waals surface area contributed by atoms with E-state index in [9.17, 15) is 4.79 Å². The molecule has 1 amide bonds. The maximum atomic E-state index is 13.0. The topological polar surface area (TPSA) is 50.2 Å². The molecule has 0 spiro atoms. The summed E-state index contributed by atoms with van der Waals surface area (Å²) < 4.78 is 1.91. The van der Waals surface area contributed by atoms with Crippen molar-refractivity contribution in [2.45, 2.75) is 32.4 Å². The molecule has 0 saturated carbocycles. The van der Waals surface area contributed by atoms with Gasteiger partial charge in [0.2, 0.25) is 5.91 Å². The van der Waals surface area contributed by atoms with Gasteiger partial charge in [-0.05, 0) is 49.9 Å². The highest BCUT2D eigenvalue weighted by atomic mass is 32.1. The van der Waals surface area contributed by atoms with Crippen LogP contribution in [0.2, 0.25) is 0 Å². The molecule has 146 valence electrons. The zero-order chi connectivity index (χ0) is 19.5. The lowest BCUT2D eigenvalue weighted by atomic mass is 9.92. The van der Waals surface area contributed by atoms with Crippen LogP contribution >= 0.6 is 11.3 Å². The Kier molecular flexibility index (Phi) is 5.59. The minimum atomic E-state index is 0.107. The van der Waals surface area contributed by atoms with Gasteiger partial charge in [0.25, 0.3) is 0 Å². The van der Waals surface area contributed by atoms with Gasteiger partial charge in [0.05, 0.1) is 10.6 Å². The number of aromatic nitrogens is 2. The van der Waals surface area contributed by atoms with Crippen LogP contribution in [0.15, 0.2) is 54.0 Å². The Labute approximate surface area is 170 Å². The summed E-state index contributed by atoms with van der Waals surface area (Å²) in [5.74, 6) is 0.341. The van der Waals surface area contributed by atoms with E-state index in [4.69, 9.17) is 5.10 Å². The Morgan fingerprint density at radius 2 is 2.11 bits per heavy atom. The predicted molar refractivity (Wildman–Crippen MR) is 114 cm³/mol. The van der Waals surface area contributed by atoms with Crippen molar-refractivity contribution in [1.82, 2.24) is 20.0 Å². The quantitative estimate of drug-likeness (QED) is 0.713. The molecule has 0 aliphatic carbocycles. The van der Waals surface area contributed by atoms with Crippen molar-refractivity contribution in [2.75, 3.05) is 13.6 Å². The lowest BCUT2D eigenvalue weighted by Gasteiger charge is -2.30. The lowest BCUT2D eigenvalue weighted by Crippen LogP contribution is -2.42. The maximum absolute atomic E-state index is 13.0. The molecule has 0 unspecified atom stereocenters. The van der Waals surface area contributed by atoms with Gasteiger partial charge in [0.15, 0.2) is 0 Å². The maximum Gasteiger partial charge on any atom is 0.225 e. The summed E-state index contributed by atoms with van der Waals surface area (Å²) >= 11 is 1.68. The number of amides is 1. The smallest absolute Gasteiger partial charge is 0.225 e. The molecule has 1 aliphatic rings. The Hall–Kier alpha value is -2.44. The van der Waals surface area contributed by atoms with Crippen molar-refractivity contribution in [3.63, 3.8) is 0 Å². The van der Waals surface area contributed by atoms with Gasteiger partial charge in [-0.2, -0.15) is 5.10 Å². The van der Waals surface area contributed by atoms with Crippen molar-refractivity contribution < 1.29 is 4.79 Å². The third-order valence-electron chi connectivity index (χ3n) is 5.32. The SMILES string of the molecule is C[C@H]1C[C@@H](C(=O)N(C)Cc2cn(-c3ccccc3)nc2-c2cccs2)CCN1. The number of carbonyl (C=O) groups excluding carboxylic acids is 1. The van der Waals surface area contributed by atoms with Crippen LogP contribution in [0.5, 0.6) is 0 Å². The van der Waals surface area contributed by atoms with E-state index in [1.165, 1.54) is 0 Å². The molecule has 3 aromatic rings. The van der Waals surface area contributed by atoms with Gasteiger partial charge >= 0.3 is 0 Å². The van der Waals surface area contributed by atoms with E-state index in [1.807, 2.05) is 53.0 Å². The molecule has 1 fully saturated rings. The highest BCUT2D eigenvalue weighted by Crippen LogP contribution is 2.29. The van der Waals surface area contributed by atoms with Crippen LogP contribution in [0.3, 0.4) is 0 Å². The molecular formula is C22H26N4OS. The third-order valence-corrected chi connectivity index (χ3v) is 6.20. The first kappa shape index (κ1) is 18.9. The average molecular weight is 395 g/mol. The second-order valence-electron chi connectivity index (χ2n) is 7.53. The second kappa shape index (κ2) is 8.29. The largest absolute Gasteiger partial charge is 0.341 e. The Balaban J connectivity index is 1.59. The molecule has 1 N–H and O–H groups in total. The fraction of sp³-hybridized carbons (Fsp3) is 0.364. The Morgan fingerprint density at radius 1 is 1.29 bits per heavy atom. The highest BCUT2D eigenvalue weighted by molar-refractivity contribution is 7.13. The van der Waals surface area contributed by atoms with Crippen molar-refractivity contribution >= 4 is 17.2 Å². The van der Waals surface area contributed by atoms with Crippen molar-refractivity contribution in [1.29, 1.82) is 0 Å². The molecule has 1 aromatic carbocycles. The number of hydrogen-bond donors (Lipinski definition) is 1. The third kappa shape index (κ3) is 4.03. The molecule has 4 rings (SSSR count). The number of carbonyl (C=O) groups is 1. The van der Waals surface area contributed by atoms with Gasteiger partial charge < -0.3 is 10.2 Å². The zero-order valence-corrected chi connectivity index (χ0v) is 17.2. The van der Waals surface area contributed by atoms with Crippen LogP contribution < -0.4 is 5.32 Å². The number of thiophene rings is 1. The fourth-order valence-corrected chi connectivity index (χ4v) is 4.60. The summed E-state index contributed by atoms with van der Waals surface area (Å²) in [6.45, 7) is 3.63. The number of hydrogen-bond acceptors (Lipinski definition) is 4. The summed E-state index contributed by atoms with van der Waals surface area (Å²) in [6, 6.07) is 14.6. The summed E-state index contributed by atoms with van der Waals surface area (Å²) in [6.07, 6.45) is 3.87. The van der Waals surface area contributed by atoms with E-state index in [0.717, 1.165) is 41.2 Å². The monoisotopic (exact) mass is 394 g/mol. The number of nitrogens with one attached hydrogen (secondary N) is 1.